The fraction of sp³-hybridized carbons (Fsp3) is 0.235. The Morgan fingerprint density at radius 3 is 2.71 bits per heavy atom. The highest BCUT2D eigenvalue weighted by atomic mass is 19.1. The maximum Gasteiger partial charge on any atom is 0.414 e. The van der Waals surface area contributed by atoms with E-state index in [-0.39, 0.29) is 17.8 Å². The van der Waals surface area contributed by atoms with E-state index in [1.165, 1.54) is 23.1 Å². The van der Waals surface area contributed by atoms with Gasteiger partial charge in [0.1, 0.15) is 11.5 Å². The van der Waals surface area contributed by atoms with Crippen molar-refractivity contribution in [2.45, 2.75) is 12.5 Å². The number of ether oxygens (including phenoxy) is 1. The van der Waals surface area contributed by atoms with E-state index in [1.54, 1.807) is 19.2 Å². The monoisotopic (exact) mass is 388 g/mol. The molecule has 0 radical (unpaired) electrons. The number of hydrogen-bond donors (Lipinski definition) is 1. The molecule has 2 atom stereocenters. The predicted octanol–water partition coefficient (Wildman–Crippen LogP) is 1.69. The first kappa shape index (κ1) is 17.9. The molecule has 3 aromatic rings. The number of alkyl halides is 1. The van der Waals surface area contributed by atoms with Gasteiger partial charge in [0.2, 0.25) is 12.2 Å². The number of aromatic nitrogens is 5. The number of aliphatic hydroxyl groups is 1. The summed E-state index contributed by atoms with van der Waals surface area (Å²) in [7, 11) is 1.63. The molecule has 0 saturated carbocycles. The number of anilines is 1. The Balaban J connectivity index is 1.57. The standard InChI is InChI=1S/C17H14F2N6O3/c1-24-22-16(21-23-24)13-5-2-9(7-20-13)11-4-3-10(6-12(11)18)25-8-14(15(19)26)28-17(25)27/h2-7,14-15,26H,8H2,1H3. The van der Waals surface area contributed by atoms with E-state index < -0.39 is 24.4 Å². The number of tetrazole rings is 1. The molecule has 1 aliphatic heterocycles. The van der Waals surface area contributed by atoms with Gasteiger partial charge in [0, 0.05) is 17.3 Å². The summed E-state index contributed by atoms with van der Waals surface area (Å²) < 4.78 is 32.3. The second-order valence-electron chi connectivity index (χ2n) is 6.10. The third-order valence-corrected chi connectivity index (χ3v) is 4.22. The molecule has 1 aromatic carbocycles. The van der Waals surface area contributed by atoms with E-state index in [0.29, 0.717) is 17.1 Å². The molecule has 4 rings (SSSR count). The summed E-state index contributed by atoms with van der Waals surface area (Å²) in [6.45, 7) is -0.212. The predicted molar refractivity (Wildman–Crippen MR) is 92.2 cm³/mol. The highest BCUT2D eigenvalue weighted by molar-refractivity contribution is 5.90. The van der Waals surface area contributed by atoms with Crippen LogP contribution < -0.4 is 4.90 Å². The van der Waals surface area contributed by atoms with Gasteiger partial charge in [-0.05, 0) is 29.5 Å². The van der Waals surface area contributed by atoms with E-state index in [4.69, 9.17) is 9.84 Å². The zero-order chi connectivity index (χ0) is 19.8. The lowest BCUT2D eigenvalue weighted by atomic mass is 10.1. The number of nitrogens with zero attached hydrogens (tertiary/aromatic N) is 6. The van der Waals surface area contributed by atoms with Gasteiger partial charge in [-0.2, -0.15) is 4.80 Å². The normalized spacial score (nSPS) is 17.6. The van der Waals surface area contributed by atoms with E-state index in [0.717, 1.165) is 11.0 Å². The lowest BCUT2D eigenvalue weighted by Gasteiger charge is -2.14. The summed E-state index contributed by atoms with van der Waals surface area (Å²) in [4.78, 5) is 18.4. The van der Waals surface area contributed by atoms with Crippen LogP contribution >= 0.6 is 0 Å². The number of halogens is 2. The number of carbonyl (C=O) groups excluding carboxylic acids is 1. The minimum atomic E-state index is -2.30. The van der Waals surface area contributed by atoms with Crippen molar-refractivity contribution in [3.63, 3.8) is 0 Å². The number of carbonyl (C=O) groups is 1. The van der Waals surface area contributed by atoms with Crippen LogP contribution in [0.2, 0.25) is 0 Å². The molecule has 1 aliphatic rings. The molecule has 0 bridgehead atoms. The molecule has 0 aliphatic carbocycles. The van der Waals surface area contributed by atoms with Crippen molar-refractivity contribution in [1.29, 1.82) is 0 Å². The lowest BCUT2D eigenvalue weighted by Crippen LogP contribution is -2.28. The van der Waals surface area contributed by atoms with Crippen molar-refractivity contribution in [2.24, 2.45) is 7.05 Å². The Morgan fingerprint density at radius 1 is 1.32 bits per heavy atom. The van der Waals surface area contributed by atoms with Crippen molar-refractivity contribution in [3.8, 4) is 22.6 Å². The second-order valence-corrected chi connectivity index (χ2v) is 6.10. The van der Waals surface area contributed by atoms with Crippen molar-refractivity contribution in [2.75, 3.05) is 11.4 Å². The van der Waals surface area contributed by atoms with E-state index >= 15 is 0 Å². The number of rotatable bonds is 4. The van der Waals surface area contributed by atoms with Crippen LogP contribution in [-0.2, 0) is 11.8 Å². The molecule has 9 nitrogen and oxygen atoms in total. The first-order chi connectivity index (χ1) is 13.4. The van der Waals surface area contributed by atoms with Gasteiger partial charge in [-0.3, -0.25) is 9.88 Å². The molecule has 1 fully saturated rings. The molecule has 2 unspecified atom stereocenters. The van der Waals surface area contributed by atoms with Crippen LogP contribution in [0.15, 0.2) is 36.5 Å². The van der Waals surface area contributed by atoms with Gasteiger partial charge in [0.15, 0.2) is 6.10 Å². The van der Waals surface area contributed by atoms with Crippen molar-refractivity contribution >= 4 is 11.8 Å². The third kappa shape index (κ3) is 3.27. The molecule has 1 amide bonds. The average molecular weight is 388 g/mol. The van der Waals surface area contributed by atoms with Gasteiger partial charge in [-0.15, -0.1) is 10.2 Å². The highest BCUT2D eigenvalue weighted by Crippen LogP contribution is 2.30. The summed E-state index contributed by atoms with van der Waals surface area (Å²) in [6.07, 6.45) is -2.98. The quantitative estimate of drug-likeness (QED) is 0.725. The van der Waals surface area contributed by atoms with Gasteiger partial charge < -0.3 is 9.84 Å². The summed E-state index contributed by atoms with van der Waals surface area (Å²) in [5.74, 6) is -0.247. The molecule has 1 N–H and O–H groups in total. The topological polar surface area (TPSA) is 106 Å². The number of aryl methyl sites for hydroxylation is 1. The first-order valence-corrected chi connectivity index (χ1v) is 8.23. The maximum absolute atomic E-state index is 14.6. The third-order valence-electron chi connectivity index (χ3n) is 4.22. The molecule has 144 valence electrons. The number of benzene rings is 1. The SMILES string of the molecule is Cn1nnc(-c2ccc(-c3ccc(N4CC(C(O)F)OC4=O)cc3F)cn2)n1. The minimum Gasteiger partial charge on any atom is -0.438 e. The lowest BCUT2D eigenvalue weighted by molar-refractivity contribution is -0.0503. The van der Waals surface area contributed by atoms with Crippen LogP contribution in [0.4, 0.5) is 19.3 Å². The zero-order valence-electron chi connectivity index (χ0n) is 14.5. The summed E-state index contributed by atoms with van der Waals surface area (Å²) in [5, 5.41) is 20.6. The minimum absolute atomic E-state index is 0.197. The molecule has 11 heteroatoms. The smallest absolute Gasteiger partial charge is 0.414 e. The second kappa shape index (κ2) is 6.93. The number of pyridine rings is 1. The van der Waals surface area contributed by atoms with Crippen molar-refractivity contribution < 1.29 is 23.4 Å². The van der Waals surface area contributed by atoms with Crippen LogP contribution in [0.5, 0.6) is 0 Å². The first-order valence-electron chi connectivity index (χ1n) is 8.23. The fourth-order valence-electron chi connectivity index (χ4n) is 2.82. The number of cyclic esters (lactones) is 1. The summed E-state index contributed by atoms with van der Waals surface area (Å²) >= 11 is 0. The number of aliphatic hydroxyl groups excluding tert-OH is 1. The van der Waals surface area contributed by atoms with Gasteiger partial charge in [-0.1, -0.05) is 6.07 Å². The zero-order valence-corrected chi connectivity index (χ0v) is 14.5. The van der Waals surface area contributed by atoms with Crippen LogP contribution in [0.3, 0.4) is 0 Å². The Hall–Kier alpha value is -3.47. The van der Waals surface area contributed by atoms with Crippen LogP contribution in [0.1, 0.15) is 0 Å². The summed E-state index contributed by atoms with van der Waals surface area (Å²) in [6, 6.07) is 7.43. The molecule has 0 spiro atoms. The molecule has 1 saturated heterocycles. The van der Waals surface area contributed by atoms with Crippen molar-refractivity contribution in [1.82, 2.24) is 25.2 Å². The molecular weight excluding hydrogens is 374 g/mol. The van der Waals surface area contributed by atoms with Crippen LogP contribution in [0, 0.1) is 5.82 Å². The Bertz CT molecular complexity index is 1020. The van der Waals surface area contributed by atoms with Gasteiger partial charge >= 0.3 is 6.09 Å². The van der Waals surface area contributed by atoms with Crippen LogP contribution in [-0.4, -0.2) is 55.4 Å². The molecule has 2 aromatic heterocycles. The molecular formula is C17H14F2N6O3. The van der Waals surface area contributed by atoms with E-state index in [2.05, 4.69) is 20.4 Å². The maximum atomic E-state index is 14.6. The van der Waals surface area contributed by atoms with Gasteiger partial charge in [0.05, 0.1) is 19.3 Å². The Labute approximate surface area is 157 Å². The average Bonchev–Trinajstić information content (AvgIpc) is 3.28. The largest absolute Gasteiger partial charge is 0.438 e. The molecule has 3 heterocycles. The van der Waals surface area contributed by atoms with Crippen molar-refractivity contribution in [3.05, 3.63) is 42.3 Å². The number of amides is 1. The summed E-state index contributed by atoms with van der Waals surface area (Å²) in [5.41, 5.74) is 1.47. The fourth-order valence-corrected chi connectivity index (χ4v) is 2.82. The Morgan fingerprint density at radius 2 is 2.14 bits per heavy atom. The van der Waals surface area contributed by atoms with E-state index in [1.807, 2.05) is 0 Å². The highest BCUT2D eigenvalue weighted by Gasteiger charge is 2.37. The Kier molecular flexibility index (Phi) is 4.43. The molecule has 28 heavy (non-hydrogen) atoms. The van der Waals surface area contributed by atoms with E-state index in [9.17, 15) is 13.6 Å². The van der Waals surface area contributed by atoms with Gasteiger partial charge in [-0.25, -0.2) is 13.6 Å². The van der Waals surface area contributed by atoms with Gasteiger partial charge in [0.25, 0.3) is 0 Å². The van der Waals surface area contributed by atoms with Crippen LogP contribution in [0.25, 0.3) is 22.6 Å². The number of hydrogen-bond acceptors (Lipinski definition) is 7.